The molecule has 0 aliphatic rings. The van der Waals surface area contributed by atoms with Crippen LogP contribution in [0, 0.1) is 6.92 Å². The Hall–Kier alpha value is -1.74. The first-order valence-electron chi connectivity index (χ1n) is 6.59. The van der Waals surface area contributed by atoms with E-state index in [1.807, 2.05) is 42.5 Å². The van der Waals surface area contributed by atoms with E-state index in [1.54, 1.807) is 0 Å². The minimum atomic E-state index is -0.743. The van der Waals surface area contributed by atoms with Gasteiger partial charge in [0.05, 0.1) is 0 Å². The van der Waals surface area contributed by atoms with E-state index in [0.29, 0.717) is 6.42 Å². The highest BCUT2D eigenvalue weighted by molar-refractivity contribution is 7.99. The van der Waals surface area contributed by atoms with Crippen molar-refractivity contribution in [2.24, 2.45) is 0 Å². The Morgan fingerprint density at radius 1 is 1.10 bits per heavy atom. The highest BCUT2D eigenvalue weighted by atomic mass is 32.2. The molecule has 2 aromatic carbocycles. The zero-order valence-corrected chi connectivity index (χ0v) is 12.3. The predicted octanol–water partition coefficient (Wildman–Crippen LogP) is 3.92. The lowest BCUT2D eigenvalue weighted by molar-refractivity contribution is -0.136. The number of carbonyl (C=O) groups is 1. The number of carboxylic acid groups (broad SMARTS) is 1. The SMILES string of the molecule is Cc1ccccc1CSC(Cc1ccccc1)C(=O)O. The lowest BCUT2D eigenvalue weighted by Crippen LogP contribution is -2.19. The summed E-state index contributed by atoms with van der Waals surface area (Å²) in [5, 5.41) is 8.96. The zero-order chi connectivity index (χ0) is 14.4. The summed E-state index contributed by atoms with van der Waals surface area (Å²) in [4.78, 5) is 11.4. The Kier molecular flexibility index (Phi) is 5.24. The van der Waals surface area contributed by atoms with Gasteiger partial charge in [0.15, 0.2) is 0 Å². The van der Waals surface area contributed by atoms with Crippen LogP contribution in [0.2, 0.25) is 0 Å². The van der Waals surface area contributed by atoms with Crippen molar-refractivity contribution in [1.82, 2.24) is 0 Å². The number of hydrogen-bond donors (Lipinski definition) is 1. The molecule has 0 radical (unpaired) electrons. The molecule has 2 rings (SSSR count). The molecule has 0 aromatic heterocycles. The molecule has 1 unspecified atom stereocenters. The zero-order valence-electron chi connectivity index (χ0n) is 11.5. The fourth-order valence-corrected chi connectivity index (χ4v) is 3.17. The Bertz CT molecular complexity index is 566. The van der Waals surface area contributed by atoms with E-state index in [2.05, 4.69) is 19.1 Å². The molecule has 0 fully saturated rings. The average molecular weight is 286 g/mol. The smallest absolute Gasteiger partial charge is 0.316 e. The van der Waals surface area contributed by atoms with Crippen molar-refractivity contribution in [3.05, 3.63) is 71.3 Å². The second-order valence-corrected chi connectivity index (χ2v) is 5.95. The summed E-state index contributed by atoms with van der Waals surface area (Å²) in [6.07, 6.45) is 0.562. The van der Waals surface area contributed by atoms with Gasteiger partial charge in [0, 0.05) is 5.75 Å². The van der Waals surface area contributed by atoms with Gasteiger partial charge in [-0.1, -0.05) is 54.6 Å². The summed E-state index contributed by atoms with van der Waals surface area (Å²) in [5.41, 5.74) is 3.48. The molecule has 1 N–H and O–H groups in total. The third-order valence-corrected chi connectivity index (χ3v) is 4.49. The van der Waals surface area contributed by atoms with Gasteiger partial charge in [0.25, 0.3) is 0 Å². The third-order valence-electron chi connectivity index (χ3n) is 3.24. The summed E-state index contributed by atoms with van der Waals surface area (Å²) in [6, 6.07) is 17.9. The number of aryl methyl sites for hydroxylation is 1. The average Bonchev–Trinajstić information content (AvgIpc) is 2.46. The maximum Gasteiger partial charge on any atom is 0.316 e. The molecule has 0 amide bonds. The molecule has 3 heteroatoms. The Balaban J connectivity index is 2.00. The van der Waals surface area contributed by atoms with Gasteiger partial charge in [-0.3, -0.25) is 4.79 Å². The number of carboxylic acids is 1. The molecule has 0 aliphatic carbocycles. The lowest BCUT2D eigenvalue weighted by atomic mass is 10.1. The van der Waals surface area contributed by atoms with E-state index in [0.717, 1.165) is 11.3 Å². The fourth-order valence-electron chi connectivity index (χ4n) is 2.01. The molecular formula is C17H18O2S. The monoisotopic (exact) mass is 286 g/mol. The second kappa shape index (κ2) is 7.15. The van der Waals surface area contributed by atoms with Crippen molar-refractivity contribution < 1.29 is 9.90 Å². The largest absolute Gasteiger partial charge is 0.480 e. The molecule has 0 heterocycles. The van der Waals surface area contributed by atoms with E-state index in [-0.39, 0.29) is 0 Å². The van der Waals surface area contributed by atoms with Gasteiger partial charge in [-0.05, 0) is 30.0 Å². The maximum atomic E-state index is 11.4. The van der Waals surface area contributed by atoms with Gasteiger partial charge >= 0.3 is 5.97 Å². The van der Waals surface area contributed by atoms with Crippen molar-refractivity contribution in [2.45, 2.75) is 24.3 Å². The molecule has 0 spiro atoms. The molecular weight excluding hydrogens is 268 g/mol. The Morgan fingerprint density at radius 2 is 1.75 bits per heavy atom. The number of benzene rings is 2. The summed E-state index contributed by atoms with van der Waals surface area (Å²) < 4.78 is 0. The van der Waals surface area contributed by atoms with Crippen LogP contribution in [0.25, 0.3) is 0 Å². The summed E-state index contributed by atoms with van der Waals surface area (Å²) in [7, 11) is 0. The van der Waals surface area contributed by atoms with Crippen LogP contribution in [0.5, 0.6) is 0 Å². The second-order valence-electron chi connectivity index (χ2n) is 4.75. The number of rotatable bonds is 6. The number of thioether (sulfide) groups is 1. The van der Waals surface area contributed by atoms with Crippen LogP contribution in [0.1, 0.15) is 16.7 Å². The minimum absolute atomic E-state index is 0.406. The Labute approximate surface area is 123 Å². The van der Waals surface area contributed by atoms with Gasteiger partial charge in [-0.15, -0.1) is 11.8 Å². The van der Waals surface area contributed by atoms with Crippen LogP contribution in [0.3, 0.4) is 0 Å². The van der Waals surface area contributed by atoms with Crippen LogP contribution in [-0.4, -0.2) is 16.3 Å². The van der Waals surface area contributed by atoms with E-state index in [9.17, 15) is 9.90 Å². The maximum absolute atomic E-state index is 11.4. The molecule has 0 bridgehead atoms. The normalized spacial score (nSPS) is 12.1. The minimum Gasteiger partial charge on any atom is -0.480 e. The van der Waals surface area contributed by atoms with E-state index in [1.165, 1.54) is 22.9 Å². The van der Waals surface area contributed by atoms with E-state index >= 15 is 0 Å². The third kappa shape index (κ3) is 4.14. The lowest BCUT2D eigenvalue weighted by Gasteiger charge is -2.13. The molecule has 2 aromatic rings. The molecule has 104 valence electrons. The van der Waals surface area contributed by atoms with Gasteiger partial charge in [-0.25, -0.2) is 0 Å². The molecule has 1 atom stereocenters. The Morgan fingerprint density at radius 3 is 2.40 bits per heavy atom. The summed E-state index contributed by atoms with van der Waals surface area (Å²) in [6.45, 7) is 2.06. The first-order valence-corrected chi connectivity index (χ1v) is 7.64. The van der Waals surface area contributed by atoms with E-state index in [4.69, 9.17) is 0 Å². The molecule has 0 aliphatic heterocycles. The van der Waals surface area contributed by atoms with Crippen molar-refractivity contribution in [3.63, 3.8) is 0 Å². The van der Waals surface area contributed by atoms with Gasteiger partial charge < -0.3 is 5.11 Å². The van der Waals surface area contributed by atoms with Crippen LogP contribution < -0.4 is 0 Å². The standard InChI is InChI=1S/C17H18O2S/c1-13-7-5-6-10-15(13)12-20-16(17(18)19)11-14-8-3-2-4-9-14/h2-10,16H,11-12H2,1H3,(H,18,19). The first kappa shape index (κ1) is 14.7. The molecule has 0 saturated carbocycles. The molecule has 2 nitrogen and oxygen atoms in total. The van der Waals surface area contributed by atoms with Gasteiger partial charge in [-0.2, -0.15) is 0 Å². The highest BCUT2D eigenvalue weighted by Crippen LogP contribution is 2.23. The predicted molar refractivity (Wildman–Crippen MR) is 84.0 cm³/mol. The molecule has 0 saturated heterocycles. The summed E-state index contributed by atoms with van der Waals surface area (Å²) >= 11 is 1.49. The van der Waals surface area contributed by atoms with Crippen molar-refractivity contribution in [2.75, 3.05) is 0 Å². The quantitative estimate of drug-likeness (QED) is 0.874. The van der Waals surface area contributed by atoms with E-state index < -0.39 is 11.2 Å². The van der Waals surface area contributed by atoms with Crippen molar-refractivity contribution in [1.29, 1.82) is 0 Å². The van der Waals surface area contributed by atoms with Crippen LogP contribution in [-0.2, 0) is 17.0 Å². The molecule has 20 heavy (non-hydrogen) atoms. The first-order chi connectivity index (χ1) is 9.66. The highest BCUT2D eigenvalue weighted by Gasteiger charge is 2.18. The van der Waals surface area contributed by atoms with Crippen LogP contribution >= 0.6 is 11.8 Å². The van der Waals surface area contributed by atoms with Gasteiger partial charge in [0.2, 0.25) is 0 Å². The number of aliphatic carboxylic acids is 1. The van der Waals surface area contributed by atoms with Crippen molar-refractivity contribution in [3.8, 4) is 0 Å². The summed E-state index contributed by atoms with van der Waals surface area (Å²) in [5.74, 6) is -0.0105. The van der Waals surface area contributed by atoms with Crippen LogP contribution in [0.4, 0.5) is 0 Å². The number of hydrogen-bond acceptors (Lipinski definition) is 2. The van der Waals surface area contributed by atoms with Crippen LogP contribution in [0.15, 0.2) is 54.6 Å². The fraction of sp³-hybridized carbons (Fsp3) is 0.235. The topological polar surface area (TPSA) is 37.3 Å². The van der Waals surface area contributed by atoms with Crippen molar-refractivity contribution >= 4 is 17.7 Å². The van der Waals surface area contributed by atoms with Gasteiger partial charge in [0.1, 0.15) is 5.25 Å².